The molecule has 0 aliphatic rings. The first-order chi connectivity index (χ1) is 8.08. The lowest BCUT2D eigenvalue weighted by atomic mass is 10.4. The summed E-state index contributed by atoms with van der Waals surface area (Å²) in [7, 11) is 1.89. The van der Waals surface area contributed by atoms with E-state index in [2.05, 4.69) is 25.0 Å². The van der Waals surface area contributed by atoms with E-state index in [0.717, 1.165) is 0 Å². The van der Waals surface area contributed by atoms with Gasteiger partial charge in [-0.25, -0.2) is 4.98 Å². The summed E-state index contributed by atoms with van der Waals surface area (Å²) in [6.07, 6.45) is 2.92. The molecule has 2 heterocycles. The number of rotatable bonds is 3. The summed E-state index contributed by atoms with van der Waals surface area (Å²) in [5.41, 5.74) is 5.65. The maximum Gasteiger partial charge on any atom is 0.258 e. The van der Waals surface area contributed by atoms with Crippen LogP contribution in [0.1, 0.15) is 13.8 Å². The Balaban J connectivity index is 2.43. The number of anilines is 2. The van der Waals surface area contributed by atoms with Crippen LogP contribution in [0.2, 0.25) is 0 Å². The molecule has 0 atom stereocenters. The second kappa shape index (κ2) is 4.32. The van der Waals surface area contributed by atoms with Crippen molar-refractivity contribution >= 4 is 11.9 Å². The summed E-state index contributed by atoms with van der Waals surface area (Å²) >= 11 is 0. The van der Waals surface area contributed by atoms with E-state index in [9.17, 15) is 0 Å². The molecule has 0 saturated carbocycles. The van der Waals surface area contributed by atoms with Crippen molar-refractivity contribution in [3.8, 4) is 5.95 Å². The molecule has 8 nitrogen and oxygen atoms in total. The Morgan fingerprint density at radius 2 is 2.06 bits per heavy atom. The van der Waals surface area contributed by atoms with E-state index in [4.69, 9.17) is 5.73 Å². The third kappa shape index (κ3) is 2.30. The fourth-order valence-corrected chi connectivity index (χ4v) is 1.17. The molecule has 0 unspecified atom stereocenters. The number of hydrogen-bond acceptors (Lipinski definition) is 7. The highest BCUT2D eigenvalue weighted by molar-refractivity contribution is 5.37. The molecule has 0 aliphatic carbocycles. The highest BCUT2D eigenvalue weighted by atomic mass is 15.4. The van der Waals surface area contributed by atoms with Gasteiger partial charge >= 0.3 is 0 Å². The van der Waals surface area contributed by atoms with Crippen LogP contribution in [0, 0.1) is 0 Å². The highest BCUT2D eigenvalue weighted by Crippen LogP contribution is 2.11. The van der Waals surface area contributed by atoms with Gasteiger partial charge in [-0.2, -0.15) is 24.7 Å². The van der Waals surface area contributed by atoms with E-state index in [-0.39, 0.29) is 12.0 Å². The lowest BCUT2D eigenvalue weighted by molar-refractivity contribution is 0.713. The lowest BCUT2D eigenvalue weighted by Gasteiger charge is -2.21. The normalized spacial score (nSPS) is 10.8. The Bertz CT molecular complexity index is 492. The van der Waals surface area contributed by atoms with Gasteiger partial charge in [0.2, 0.25) is 11.9 Å². The number of aromatic nitrogens is 6. The maximum atomic E-state index is 5.65. The Kier molecular flexibility index (Phi) is 2.86. The van der Waals surface area contributed by atoms with Crippen LogP contribution in [0.25, 0.3) is 5.95 Å². The van der Waals surface area contributed by atoms with Gasteiger partial charge in [-0.3, -0.25) is 0 Å². The summed E-state index contributed by atoms with van der Waals surface area (Å²) in [5.74, 6) is 1.03. The number of nitrogen functional groups attached to an aromatic ring is 1. The van der Waals surface area contributed by atoms with Crippen molar-refractivity contribution in [2.75, 3.05) is 17.7 Å². The molecular formula is C9H14N8. The minimum Gasteiger partial charge on any atom is -0.368 e. The first-order valence-electron chi connectivity index (χ1n) is 5.17. The molecule has 0 fully saturated rings. The summed E-state index contributed by atoms with van der Waals surface area (Å²) in [6.45, 7) is 4.07. The predicted molar refractivity (Wildman–Crippen MR) is 62.7 cm³/mol. The van der Waals surface area contributed by atoms with Crippen molar-refractivity contribution in [1.82, 2.24) is 29.7 Å². The molecule has 0 radical (unpaired) electrons. The first kappa shape index (κ1) is 11.2. The zero-order valence-corrected chi connectivity index (χ0v) is 9.94. The van der Waals surface area contributed by atoms with Gasteiger partial charge < -0.3 is 10.6 Å². The van der Waals surface area contributed by atoms with Crippen LogP contribution in [0.3, 0.4) is 0 Å². The van der Waals surface area contributed by atoms with Crippen molar-refractivity contribution in [2.24, 2.45) is 0 Å². The Hall–Kier alpha value is -2.25. The minimum absolute atomic E-state index is 0.160. The Morgan fingerprint density at radius 3 is 2.65 bits per heavy atom. The van der Waals surface area contributed by atoms with Gasteiger partial charge in [0.05, 0.1) is 0 Å². The van der Waals surface area contributed by atoms with Crippen molar-refractivity contribution in [3.05, 3.63) is 12.7 Å². The summed E-state index contributed by atoms with van der Waals surface area (Å²) in [4.78, 5) is 18.1. The van der Waals surface area contributed by atoms with Gasteiger partial charge in [0.25, 0.3) is 5.95 Å². The first-order valence-corrected chi connectivity index (χ1v) is 5.17. The monoisotopic (exact) mass is 234 g/mol. The van der Waals surface area contributed by atoms with Gasteiger partial charge in [0.1, 0.15) is 12.7 Å². The molecule has 0 aliphatic heterocycles. The minimum atomic E-state index is 0.160. The van der Waals surface area contributed by atoms with Crippen LogP contribution in [0.5, 0.6) is 0 Å². The zero-order chi connectivity index (χ0) is 12.4. The van der Waals surface area contributed by atoms with Crippen molar-refractivity contribution in [3.63, 3.8) is 0 Å². The van der Waals surface area contributed by atoms with Gasteiger partial charge in [-0.05, 0) is 13.8 Å². The Labute approximate surface area is 98.5 Å². The van der Waals surface area contributed by atoms with E-state index in [1.54, 1.807) is 0 Å². The van der Waals surface area contributed by atoms with Crippen LogP contribution < -0.4 is 10.6 Å². The smallest absolute Gasteiger partial charge is 0.258 e. The molecule has 0 amide bonds. The fourth-order valence-electron chi connectivity index (χ4n) is 1.17. The number of nitrogens with two attached hydrogens (primary N) is 1. The molecule has 2 N–H and O–H groups in total. The van der Waals surface area contributed by atoms with Crippen LogP contribution in [-0.4, -0.2) is 42.8 Å². The van der Waals surface area contributed by atoms with Crippen LogP contribution in [0.4, 0.5) is 11.9 Å². The molecule has 0 spiro atoms. The van der Waals surface area contributed by atoms with Gasteiger partial charge in [0, 0.05) is 13.1 Å². The highest BCUT2D eigenvalue weighted by Gasteiger charge is 2.12. The number of nitrogens with zero attached hydrogens (tertiary/aromatic N) is 7. The molecule has 2 aromatic rings. The molecule has 0 aromatic carbocycles. The molecule has 8 heteroatoms. The molecule has 2 rings (SSSR count). The van der Waals surface area contributed by atoms with Gasteiger partial charge in [0.15, 0.2) is 0 Å². The average molecular weight is 234 g/mol. The largest absolute Gasteiger partial charge is 0.368 e. The van der Waals surface area contributed by atoms with E-state index < -0.39 is 0 Å². The topological polar surface area (TPSA) is 98.6 Å². The molecule has 2 aromatic heterocycles. The molecule has 17 heavy (non-hydrogen) atoms. The van der Waals surface area contributed by atoms with Crippen molar-refractivity contribution in [2.45, 2.75) is 19.9 Å². The van der Waals surface area contributed by atoms with E-state index in [0.29, 0.717) is 11.9 Å². The van der Waals surface area contributed by atoms with Gasteiger partial charge in [-0.1, -0.05) is 0 Å². The third-order valence-electron chi connectivity index (χ3n) is 2.34. The second-order valence-electron chi connectivity index (χ2n) is 3.84. The predicted octanol–water partition coefficient (Wildman–Crippen LogP) is -0.121. The van der Waals surface area contributed by atoms with Crippen molar-refractivity contribution < 1.29 is 0 Å². The SMILES string of the molecule is CC(C)N(C)c1nc(N)nc(-n2cncn2)n1. The van der Waals surface area contributed by atoms with Crippen LogP contribution in [-0.2, 0) is 0 Å². The summed E-state index contributed by atoms with van der Waals surface area (Å²) < 4.78 is 1.44. The third-order valence-corrected chi connectivity index (χ3v) is 2.34. The maximum absolute atomic E-state index is 5.65. The van der Waals surface area contributed by atoms with Crippen LogP contribution in [0.15, 0.2) is 12.7 Å². The van der Waals surface area contributed by atoms with E-state index in [1.165, 1.54) is 17.3 Å². The molecule has 90 valence electrons. The van der Waals surface area contributed by atoms with E-state index in [1.807, 2.05) is 25.8 Å². The quantitative estimate of drug-likeness (QED) is 0.790. The average Bonchev–Trinajstić information content (AvgIpc) is 2.80. The fraction of sp³-hybridized carbons (Fsp3) is 0.444. The standard InChI is InChI=1S/C9H14N8/c1-6(2)16(3)8-13-7(10)14-9(15-8)17-5-11-4-12-17/h4-6H,1-3H3,(H2,10,13,14,15). The second-order valence-corrected chi connectivity index (χ2v) is 3.84. The lowest BCUT2D eigenvalue weighted by Crippen LogP contribution is -2.28. The number of hydrogen-bond donors (Lipinski definition) is 1. The molecular weight excluding hydrogens is 220 g/mol. The summed E-state index contributed by atoms with van der Waals surface area (Å²) in [6, 6.07) is 0.264. The van der Waals surface area contributed by atoms with Crippen molar-refractivity contribution in [1.29, 1.82) is 0 Å². The van der Waals surface area contributed by atoms with Crippen LogP contribution >= 0.6 is 0 Å². The Morgan fingerprint density at radius 1 is 1.29 bits per heavy atom. The van der Waals surface area contributed by atoms with E-state index >= 15 is 0 Å². The zero-order valence-electron chi connectivity index (χ0n) is 9.94. The van der Waals surface area contributed by atoms with Gasteiger partial charge in [-0.15, -0.1) is 0 Å². The molecule has 0 bridgehead atoms. The summed E-state index contributed by atoms with van der Waals surface area (Å²) in [5, 5.41) is 3.95. The molecule has 0 saturated heterocycles.